The van der Waals surface area contributed by atoms with Crippen LogP contribution in [0.15, 0.2) is 48.6 Å². The number of carbonyl (C=O) groups excluding carboxylic acids is 2. The van der Waals surface area contributed by atoms with Crippen LogP contribution in [-0.2, 0) is 4.79 Å². The Morgan fingerprint density at radius 2 is 1.81 bits per heavy atom. The zero-order chi connectivity index (χ0) is 19.6. The van der Waals surface area contributed by atoms with Crippen molar-refractivity contribution in [2.45, 2.75) is 26.4 Å². The number of nitrogens with one attached hydrogen (secondary N) is 1. The molecule has 0 aliphatic carbocycles. The first kappa shape index (κ1) is 18.5. The monoisotopic (exact) mass is 363 g/mol. The molecule has 1 heterocycles. The third-order valence-electron chi connectivity index (χ3n) is 4.13. The number of amides is 1. The lowest BCUT2D eigenvalue weighted by Crippen LogP contribution is -2.27. The van der Waals surface area contributed by atoms with Crippen molar-refractivity contribution in [3.05, 3.63) is 65.2 Å². The topological polar surface area (TPSA) is 75.6 Å². The van der Waals surface area contributed by atoms with E-state index in [-0.39, 0.29) is 23.0 Å². The van der Waals surface area contributed by atoms with Gasteiger partial charge in [-0.25, -0.2) is 0 Å². The Morgan fingerprint density at radius 3 is 2.48 bits per heavy atom. The number of aromatic hydroxyl groups is 1. The number of rotatable bonds is 4. The molecule has 3 rings (SSSR count). The molecule has 0 bridgehead atoms. The number of ketones is 1. The summed E-state index contributed by atoms with van der Waals surface area (Å²) in [6.45, 7) is 5.28. The highest BCUT2D eigenvalue weighted by atomic mass is 16.5. The van der Waals surface area contributed by atoms with Crippen molar-refractivity contribution in [1.82, 2.24) is 0 Å². The maximum absolute atomic E-state index is 12.5. The molecule has 0 radical (unpaired) electrons. The summed E-state index contributed by atoms with van der Waals surface area (Å²) in [4.78, 5) is 23.5. The minimum atomic E-state index is -0.450. The van der Waals surface area contributed by atoms with Crippen LogP contribution < -0.4 is 10.1 Å². The first-order valence-corrected chi connectivity index (χ1v) is 8.59. The Hall–Kier alpha value is -3.34. The Morgan fingerprint density at radius 1 is 1.11 bits per heavy atom. The smallest absolute Gasteiger partial charge is 0.221 e. The van der Waals surface area contributed by atoms with E-state index in [0.717, 1.165) is 5.56 Å². The summed E-state index contributed by atoms with van der Waals surface area (Å²) < 4.78 is 5.80. The van der Waals surface area contributed by atoms with Crippen molar-refractivity contribution in [2.24, 2.45) is 0 Å². The first-order valence-electron chi connectivity index (χ1n) is 8.59. The Kier molecular flexibility index (Phi) is 4.86. The number of allylic oxidation sites excluding steroid dienone is 1. The second-order valence-corrected chi connectivity index (χ2v) is 6.91. The van der Waals surface area contributed by atoms with Gasteiger partial charge in [-0.3, -0.25) is 9.59 Å². The van der Waals surface area contributed by atoms with Gasteiger partial charge in [-0.15, -0.1) is 0 Å². The van der Waals surface area contributed by atoms with Gasteiger partial charge in [0.05, 0.1) is 11.1 Å². The van der Waals surface area contributed by atoms with Crippen LogP contribution in [-0.4, -0.2) is 22.4 Å². The largest absolute Gasteiger partial charge is 0.506 e. The van der Waals surface area contributed by atoms with Gasteiger partial charge < -0.3 is 15.2 Å². The highest BCUT2D eigenvalue weighted by Gasteiger charge is 2.25. The maximum atomic E-state index is 12.5. The van der Waals surface area contributed by atoms with Gasteiger partial charge in [0.1, 0.15) is 17.1 Å². The Bertz CT molecular complexity index is 953. The predicted octanol–water partition coefficient (Wildman–Crippen LogP) is 4.43. The molecule has 0 aromatic heterocycles. The van der Waals surface area contributed by atoms with Gasteiger partial charge in [-0.2, -0.15) is 0 Å². The van der Waals surface area contributed by atoms with E-state index in [2.05, 4.69) is 5.32 Å². The Balaban J connectivity index is 1.79. The van der Waals surface area contributed by atoms with Crippen molar-refractivity contribution in [3.8, 4) is 11.5 Å². The summed E-state index contributed by atoms with van der Waals surface area (Å²) in [6, 6.07) is 10.4. The summed E-state index contributed by atoms with van der Waals surface area (Å²) in [6.07, 6.45) is 6.69. The fraction of sp³-hybridized carbons (Fsp3) is 0.182. The van der Waals surface area contributed by atoms with Crippen LogP contribution in [0.25, 0.3) is 12.2 Å². The van der Waals surface area contributed by atoms with Crippen LogP contribution in [0.3, 0.4) is 0 Å². The van der Waals surface area contributed by atoms with Crippen LogP contribution in [0.5, 0.6) is 11.5 Å². The lowest BCUT2D eigenvalue weighted by atomic mass is 9.98. The fourth-order valence-corrected chi connectivity index (χ4v) is 2.78. The number of phenols is 1. The standard InChI is InChI=1S/C22H21NO4/c1-14(24)23-16-7-4-15(5-8-16)6-10-19(25)17-9-11-20-18(21(17)26)12-13-22(2,3)27-20/h4-13,26H,1-3H3,(H,23,24)/b10-6+. The van der Waals surface area contributed by atoms with Crippen molar-refractivity contribution < 1.29 is 19.4 Å². The number of anilines is 1. The molecule has 0 spiro atoms. The highest BCUT2D eigenvalue weighted by Crippen LogP contribution is 2.38. The molecular formula is C22H21NO4. The van der Waals surface area contributed by atoms with Crippen molar-refractivity contribution in [3.63, 3.8) is 0 Å². The molecule has 0 fully saturated rings. The number of hydrogen-bond acceptors (Lipinski definition) is 4. The zero-order valence-electron chi connectivity index (χ0n) is 15.4. The molecule has 0 atom stereocenters. The first-order chi connectivity index (χ1) is 12.7. The Labute approximate surface area is 158 Å². The predicted molar refractivity (Wildman–Crippen MR) is 106 cm³/mol. The molecule has 2 aromatic carbocycles. The molecule has 138 valence electrons. The van der Waals surface area contributed by atoms with E-state index in [1.165, 1.54) is 13.0 Å². The number of ether oxygens (including phenoxy) is 1. The summed E-state index contributed by atoms with van der Waals surface area (Å²) >= 11 is 0. The van der Waals surface area contributed by atoms with Gasteiger partial charge in [0.25, 0.3) is 0 Å². The van der Waals surface area contributed by atoms with Crippen LogP contribution in [0, 0.1) is 0 Å². The summed E-state index contributed by atoms with van der Waals surface area (Å²) in [7, 11) is 0. The quantitative estimate of drug-likeness (QED) is 0.622. The van der Waals surface area contributed by atoms with Gasteiger partial charge >= 0.3 is 0 Å². The van der Waals surface area contributed by atoms with Crippen molar-refractivity contribution >= 4 is 29.5 Å². The number of benzene rings is 2. The lowest BCUT2D eigenvalue weighted by Gasteiger charge is -2.28. The SMILES string of the molecule is CC(=O)Nc1ccc(/C=C/C(=O)c2ccc3c(c2O)C=CC(C)(C)O3)cc1. The second kappa shape index (κ2) is 7.11. The number of fused-ring (bicyclic) bond motifs is 1. The molecule has 2 aromatic rings. The van der Waals surface area contributed by atoms with E-state index in [1.807, 2.05) is 19.9 Å². The molecule has 27 heavy (non-hydrogen) atoms. The fourth-order valence-electron chi connectivity index (χ4n) is 2.78. The van der Waals surface area contributed by atoms with Crippen molar-refractivity contribution in [1.29, 1.82) is 0 Å². The van der Waals surface area contributed by atoms with E-state index in [1.54, 1.807) is 48.6 Å². The molecule has 2 N–H and O–H groups in total. The van der Waals surface area contributed by atoms with E-state index in [9.17, 15) is 14.7 Å². The second-order valence-electron chi connectivity index (χ2n) is 6.91. The van der Waals surface area contributed by atoms with Gasteiger partial charge in [0.15, 0.2) is 5.78 Å². The molecular weight excluding hydrogens is 342 g/mol. The molecule has 1 aliphatic heterocycles. The molecule has 1 aliphatic rings. The zero-order valence-corrected chi connectivity index (χ0v) is 15.4. The lowest BCUT2D eigenvalue weighted by molar-refractivity contribution is -0.114. The van der Waals surface area contributed by atoms with E-state index in [4.69, 9.17) is 4.74 Å². The number of hydrogen-bond donors (Lipinski definition) is 2. The van der Waals surface area contributed by atoms with Gasteiger partial charge in [0.2, 0.25) is 5.91 Å². The normalized spacial score (nSPS) is 14.5. The molecule has 5 nitrogen and oxygen atoms in total. The minimum Gasteiger partial charge on any atom is -0.506 e. The van der Waals surface area contributed by atoms with Crippen molar-refractivity contribution in [2.75, 3.05) is 5.32 Å². The minimum absolute atomic E-state index is 0.0880. The summed E-state index contributed by atoms with van der Waals surface area (Å²) in [5.41, 5.74) is 1.77. The van der Waals surface area contributed by atoms with Gasteiger partial charge in [0, 0.05) is 12.6 Å². The molecule has 0 unspecified atom stereocenters. The average molecular weight is 363 g/mol. The molecule has 1 amide bonds. The van der Waals surface area contributed by atoms with Gasteiger partial charge in [-0.1, -0.05) is 18.2 Å². The van der Waals surface area contributed by atoms with Crippen LogP contribution >= 0.6 is 0 Å². The average Bonchev–Trinajstić information content (AvgIpc) is 2.60. The number of carbonyl (C=O) groups is 2. The van der Waals surface area contributed by atoms with Crippen LogP contribution in [0.4, 0.5) is 5.69 Å². The molecule has 0 saturated heterocycles. The third-order valence-corrected chi connectivity index (χ3v) is 4.13. The summed E-state index contributed by atoms with van der Waals surface area (Å²) in [5, 5.41) is 13.2. The molecule has 5 heteroatoms. The molecule has 0 saturated carbocycles. The maximum Gasteiger partial charge on any atom is 0.221 e. The highest BCUT2D eigenvalue weighted by molar-refractivity contribution is 6.09. The third kappa shape index (κ3) is 4.26. The summed E-state index contributed by atoms with van der Waals surface area (Å²) in [5.74, 6) is 0.0150. The number of phenolic OH excluding ortho intramolecular Hbond substituents is 1. The van der Waals surface area contributed by atoms with E-state index >= 15 is 0 Å². The van der Waals surface area contributed by atoms with E-state index < -0.39 is 5.60 Å². The van der Waals surface area contributed by atoms with E-state index in [0.29, 0.717) is 17.0 Å². The van der Waals surface area contributed by atoms with Crippen LogP contribution in [0.2, 0.25) is 0 Å². The van der Waals surface area contributed by atoms with Crippen LogP contribution in [0.1, 0.15) is 42.3 Å². The van der Waals surface area contributed by atoms with Gasteiger partial charge in [-0.05, 0) is 61.9 Å².